The van der Waals surface area contributed by atoms with Gasteiger partial charge in [-0.15, -0.1) is 0 Å². The predicted octanol–water partition coefficient (Wildman–Crippen LogP) is 1.76. The summed E-state index contributed by atoms with van der Waals surface area (Å²) < 4.78 is 0. The van der Waals surface area contributed by atoms with Crippen molar-refractivity contribution >= 4 is 28.7 Å². The van der Waals surface area contributed by atoms with Gasteiger partial charge in [0, 0.05) is 42.7 Å². The molecule has 8 heteroatoms. The molecule has 3 aliphatic rings. The number of urea groups is 1. The fourth-order valence-electron chi connectivity index (χ4n) is 5.16. The Hall–Kier alpha value is -3.03. The molecule has 2 aliphatic heterocycles. The normalized spacial score (nSPS) is 24.8. The Bertz CT molecular complexity index is 996. The SMILES string of the molecule is O=C1N[C@@H](Cc2c[nH]c3ccccc23)C(=O)N2CCN(C(=O)NC3CCCCC3)C[C@H]12. The summed E-state index contributed by atoms with van der Waals surface area (Å²) in [5, 5.41) is 7.09. The van der Waals surface area contributed by atoms with E-state index in [1.54, 1.807) is 9.80 Å². The number of carbonyl (C=O) groups is 3. The first-order chi connectivity index (χ1) is 15.1. The Kier molecular flexibility index (Phi) is 5.29. The van der Waals surface area contributed by atoms with Gasteiger partial charge >= 0.3 is 6.03 Å². The minimum atomic E-state index is -0.613. The molecule has 2 aromatic rings. The smallest absolute Gasteiger partial charge is 0.317 e. The van der Waals surface area contributed by atoms with Crippen molar-refractivity contribution in [3.8, 4) is 0 Å². The summed E-state index contributed by atoms with van der Waals surface area (Å²) in [6.07, 6.45) is 7.92. The number of benzene rings is 1. The van der Waals surface area contributed by atoms with Crippen LogP contribution in [0.5, 0.6) is 0 Å². The summed E-state index contributed by atoms with van der Waals surface area (Å²) in [5.41, 5.74) is 2.03. The second-order valence-corrected chi connectivity index (χ2v) is 8.90. The number of amides is 4. The lowest BCUT2D eigenvalue weighted by Gasteiger charge is -2.45. The fraction of sp³-hybridized carbons (Fsp3) is 0.522. The molecule has 1 aromatic heterocycles. The van der Waals surface area contributed by atoms with Crippen LogP contribution >= 0.6 is 0 Å². The number of H-pyrrole nitrogens is 1. The largest absolute Gasteiger partial charge is 0.361 e. The van der Waals surface area contributed by atoms with E-state index < -0.39 is 12.1 Å². The van der Waals surface area contributed by atoms with E-state index in [2.05, 4.69) is 15.6 Å². The highest BCUT2D eigenvalue weighted by Gasteiger charge is 2.44. The maximum Gasteiger partial charge on any atom is 0.317 e. The number of para-hydroxylation sites is 1. The first-order valence-electron chi connectivity index (χ1n) is 11.3. The van der Waals surface area contributed by atoms with Gasteiger partial charge in [-0.1, -0.05) is 37.5 Å². The van der Waals surface area contributed by atoms with Crippen LogP contribution in [0.1, 0.15) is 37.7 Å². The van der Waals surface area contributed by atoms with Gasteiger partial charge in [0.2, 0.25) is 11.8 Å². The number of aromatic nitrogens is 1. The zero-order valence-electron chi connectivity index (χ0n) is 17.6. The number of nitrogens with one attached hydrogen (secondary N) is 3. The molecule has 164 valence electrons. The Labute approximate surface area is 181 Å². The van der Waals surface area contributed by atoms with E-state index in [-0.39, 0.29) is 30.4 Å². The lowest BCUT2D eigenvalue weighted by atomic mass is 9.95. The third-order valence-electron chi connectivity index (χ3n) is 6.90. The highest BCUT2D eigenvalue weighted by Crippen LogP contribution is 2.23. The van der Waals surface area contributed by atoms with Crippen molar-refractivity contribution in [2.45, 2.75) is 56.7 Å². The monoisotopic (exact) mass is 423 g/mol. The molecular weight excluding hydrogens is 394 g/mol. The molecule has 0 radical (unpaired) electrons. The second-order valence-electron chi connectivity index (χ2n) is 8.90. The summed E-state index contributed by atoms with van der Waals surface area (Å²) in [5.74, 6) is -0.248. The van der Waals surface area contributed by atoms with Crippen LogP contribution in [0.2, 0.25) is 0 Å². The quantitative estimate of drug-likeness (QED) is 0.702. The number of aromatic amines is 1. The van der Waals surface area contributed by atoms with Crippen molar-refractivity contribution in [2.24, 2.45) is 0 Å². The van der Waals surface area contributed by atoms with E-state index in [0.29, 0.717) is 19.5 Å². The van der Waals surface area contributed by atoms with Crippen LogP contribution in [0.3, 0.4) is 0 Å². The molecule has 0 bridgehead atoms. The standard InChI is InChI=1S/C23H29N5O3/c29-21-20-14-27(23(31)25-16-6-2-1-3-7-16)10-11-28(20)22(30)19(26-21)12-15-13-24-18-9-5-4-8-17(15)18/h4-5,8-9,13,16,19-20,24H,1-3,6-7,10-12,14H2,(H,25,31)(H,26,29)/t19-,20+/m0/s1. The van der Waals surface area contributed by atoms with Gasteiger partial charge in [0.15, 0.2) is 0 Å². The maximum atomic E-state index is 13.1. The van der Waals surface area contributed by atoms with E-state index >= 15 is 0 Å². The molecule has 1 aliphatic carbocycles. The fourth-order valence-corrected chi connectivity index (χ4v) is 5.16. The lowest BCUT2D eigenvalue weighted by Crippen LogP contribution is -2.70. The molecule has 31 heavy (non-hydrogen) atoms. The van der Waals surface area contributed by atoms with Crippen molar-refractivity contribution in [1.82, 2.24) is 25.4 Å². The first kappa shape index (κ1) is 19.9. The minimum Gasteiger partial charge on any atom is -0.361 e. The second kappa shape index (κ2) is 8.24. The van der Waals surface area contributed by atoms with Crippen molar-refractivity contribution in [3.63, 3.8) is 0 Å². The van der Waals surface area contributed by atoms with E-state index in [9.17, 15) is 14.4 Å². The van der Waals surface area contributed by atoms with E-state index in [1.807, 2.05) is 30.5 Å². The Morgan fingerprint density at radius 2 is 1.90 bits per heavy atom. The van der Waals surface area contributed by atoms with Crippen LogP contribution in [-0.2, 0) is 16.0 Å². The molecule has 4 amide bonds. The summed E-state index contributed by atoms with van der Waals surface area (Å²) in [6.45, 7) is 1.09. The minimum absolute atomic E-state index is 0.0674. The highest BCUT2D eigenvalue weighted by atomic mass is 16.2. The molecule has 1 saturated carbocycles. The maximum absolute atomic E-state index is 13.1. The number of hydrogen-bond donors (Lipinski definition) is 3. The van der Waals surface area contributed by atoms with Gasteiger partial charge < -0.3 is 25.4 Å². The van der Waals surface area contributed by atoms with Crippen LogP contribution < -0.4 is 10.6 Å². The number of piperazine rings is 2. The molecule has 3 heterocycles. The van der Waals surface area contributed by atoms with Gasteiger partial charge in [-0.05, 0) is 24.5 Å². The molecule has 8 nitrogen and oxygen atoms in total. The lowest BCUT2D eigenvalue weighted by molar-refractivity contribution is -0.152. The van der Waals surface area contributed by atoms with Crippen molar-refractivity contribution in [1.29, 1.82) is 0 Å². The van der Waals surface area contributed by atoms with Gasteiger partial charge in [0.25, 0.3) is 0 Å². The van der Waals surface area contributed by atoms with Gasteiger partial charge in [0.1, 0.15) is 12.1 Å². The van der Waals surface area contributed by atoms with E-state index in [0.717, 1.165) is 42.1 Å². The number of rotatable bonds is 3. The molecule has 0 unspecified atom stereocenters. The van der Waals surface area contributed by atoms with Gasteiger partial charge in [-0.3, -0.25) is 9.59 Å². The molecule has 3 N–H and O–H groups in total. The molecule has 1 aromatic carbocycles. The number of carbonyl (C=O) groups excluding carboxylic acids is 3. The summed E-state index contributed by atoms with van der Waals surface area (Å²) in [7, 11) is 0. The van der Waals surface area contributed by atoms with Crippen molar-refractivity contribution in [2.75, 3.05) is 19.6 Å². The number of hydrogen-bond acceptors (Lipinski definition) is 3. The zero-order chi connectivity index (χ0) is 21.4. The van der Waals surface area contributed by atoms with Gasteiger partial charge in [0.05, 0.1) is 6.54 Å². The van der Waals surface area contributed by atoms with Crippen LogP contribution in [0, 0.1) is 0 Å². The molecule has 2 saturated heterocycles. The molecule has 2 atom stereocenters. The summed E-state index contributed by atoms with van der Waals surface area (Å²) in [6, 6.07) is 6.85. The summed E-state index contributed by atoms with van der Waals surface area (Å²) in [4.78, 5) is 45.3. The van der Waals surface area contributed by atoms with Gasteiger partial charge in [-0.25, -0.2) is 4.79 Å². The third kappa shape index (κ3) is 3.86. The molecular formula is C23H29N5O3. The molecule has 0 spiro atoms. The molecule has 3 fully saturated rings. The average molecular weight is 424 g/mol. The number of fused-ring (bicyclic) bond motifs is 2. The van der Waals surface area contributed by atoms with E-state index in [1.165, 1.54) is 6.42 Å². The first-order valence-corrected chi connectivity index (χ1v) is 11.3. The van der Waals surface area contributed by atoms with Crippen molar-refractivity contribution in [3.05, 3.63) is 36.0 Å². The topological polar surface area (TPSA) is 97.5 Å². The number of nitrogens with zero attached hydrogens (tertiary/aromatic N) is 2. The van der Waals surface area contributed by atoms with Gasteiger partial charge in [-0.2, -0.15) is 0 Å². The third-order valence-corrected chi connectivity index (χ3v) is 6.90. The van der Waals surface area contributed by atoms with Crippen LogP contribution in [0.4, 0.5) is 4.79 Å². The molecule has 5 rings (SSSR count). The Morgan fingerprint density at radius 3 is 2.74 bits per heavy atom. The van der Waals surface area contributed by atoms with Crippen molar-refractivity contribution < 1.29 is 14.4 Å². The Morgan fingerprint density at radius 1 is 1.10 bits per heavy atom. The van der Waals surface area contributed by atoms with Crippen LogP contribution in [0.25, 0.3) is 10.9 Å². The summed E-state index contributed by atoms with van der Waals surface area (Å²) >= 11 is 0. The average Bonchev–Trinajstić information content (AvgIpc) is 3.20. The highest BCUT2D eigenvalue weighted by molar-refractivity contribution is 5.98. The van der Waals surface area contributed by atoms with E-state index in [4.69, 9.17) is 0 Å². The van der Waals surface area contributed by atoms with Crippen LogP contribution in [0.15, 0.2) is 30.5 Å². The zero-order valence-corrected chi connectivity index (χ0v) is 17.6. The Balaban J connectivity index is 1.24. The van der Waals surface area contributed by atoms with Crippen LogP contribution in [-0.4, -0.2) is 70.4 Å². The predicted molar refractivity (Wildman–Crippen MR) is 116 cm³/mol.